The molecule has 5 rings (SSSR count). The molecular formula is C28H34N4. The van der Waals surface area contributed by atoms with E-state index < -0.39 is 0 Å². The number of allylic oxidation sites excluding steroid dienone is 3. The van der Waals surface area contributed by atoms with E-state index in [1.54, 1.807) is 0 Å². The van der Waals surface area contributed by atoms with Crippen LogP contribution in [0.25, 0.3) is 12.2 Å². The minimum Gasteiger partial charge on any atom is -0.355 e. The molecule has 0 radical (unpaired) electrons. The first-order valence-corrected chi connectivity index (χ1v) is 11.6. The van der Waals surface area contributed by atoms with Gasteiger partial charge in [-0.05, 0) is 108 Å². The molecule has 4 nitrogen and oxygen atoms in total. The van der Waals surface area contributed by atoms with E-state index in [1.165, 1.54) is 22.3 Å². The van der Waals surface area contributed by atoms with Crippen molar-refractivity contribution in [3.8, 4) is 0 Å². The van der Waals surface area contributed by atoms with Gasteiger partial charge in [0.25, 0.3) is 0 Å². The maximum atomic E-state index is 5.35. The van der Waals surface area contributed by atoms with Gasteiger partial charge in [-0.25, -0.2) is 4.99 Å². The number of hydrogen-bond acceptors (Lipinski definition) is 3. The Balaban J connectivity index is 1.79. The molecule has 166 valence electrons. The van der Waals surface area contributed by atoms with Crippen LogP contribution in [0.2, 0.25) is 0 Å². The van der Waals surface area contributed by atoms with Gasteiger partial charge in [0.05, 0.1) is 28.2 Å². The van der Waals surface area contributed by atoms with Crippen LogP contribution >= 0.6 is 0 Å². The smallest absolute Gasteiger partial charge is 0.0845 e. The summed E-state index contributed by atoms with van der Waals surface area (Å²) in [6.45, 7) is 18.3. The molecule has 4 heteroatoms. The number of hydrogen-bond donors (Lipinski definition) is 2. The van der Waals surface area contributed by atoms with Crippen molar-refractivity contribution in [3.05, 3.63) is 69.0 Å². The van der Waals surface area contributed by atoms with Gasteiger partial charge in [0.15, 0.2) is 0 Å². The molecule has 0 spiro atoms. The Morgan fingerprint density at radius 3 is 2.28 bits per heavy atom. The minimum absolute atomic E-state index is 0.192. The average molecular weight is 427 g/mol. The fourth-order valence-electron chi connectivity index (χ4n) is 5.95. The molecule has 1 aromatic rings. The summed E-state index contributed by atoms with van der Waals surface area (Å²) in [5.74, 6) is 0.254. The highest BCUT2D eigenvalue weighted by molar-refractivity contribution is 6.22. The van der Waals surface area contributed by atoms with Gasteiger partial charge < -0.3 is 4.98 Å². The van der Waals surface area contributed by atoms with Gasteiger partial charge in [0.2, 0.25) is 0 Å². The predicted molar refractivity (Wildman–Crippen MR) is 135 cm³/mol. The summed E-state index contributed by atoms with van der Waals surface area (Å²) in [6.07, 6.45) is 10.8. The van der Waals surface area contributed by atoms with Crippen LogP contribution in [0.1, 0.15) is 55.4 Å². The second kappa shape index (κ2) is 6.64. The molecule has 0 saturated carbocycles. The zero-order valence-corrected chi connectivity index (χ0v) is 20.5. The van der Waals surface area contributed by atoms with Gasteiger partial charge in [-0.15, -0.1) is 0 Å². The van der Waals surface area contributed by atoms with Crippen molar-refractivity contribution in [2.75, 3.05) is 0 Å². The summed E-state index contributed by atoms with van der Waals surface area (Å²) in [6, 6.07) is 4.22. The van der Waals surface area contributed by atoms with Gasteiger partial charge in [-0.2, -0.15) is 0 Å². The number of H-pyrrole nitrogens is 1. The minimum atomic E-state index is -0.283. The fraction of sp³-hybridized carbons (Fsp3) is 0.429. The molecule has 4 aliphatic rings. The fourth-order valence-corrected chi connectivity index (χ4v) is 5.95. The van der Waals surface area contributed by atoms with Crippen molar-refractivity contribution >= 4 is 23.6 Å². The van der Waals surface area contributed by atoms with Crippen molar-refractivity contribution in [3.63, 3.8) is 0 Å². The highest BCUT2D eigenvalue weighted by Crippen LogP contribution is 2.49. The van der Waals surface area contributed by atoms with Crippen molar-refractivity contribution in [2.45, 2.75) is 72.0 Å². The monoisotopic (exact) mass is 426 g/mol. The molecule has 0 saturated heterocycles. The zero-order chi connectivity index (χ0) is 23.1. The number of nitrogens with one attached hydrogen (secondary N) is 2. The van der Waals surface area contributed by atoms with Crippen LogP contribution in [-0.2, 0) is 0 Å². The molecule has 0 amide bonds. The van der Waals surface area contributed by atoms with Crippen LogP contribution in [0.4, 0.5) is 0 Å². The van der Waals surface area contributed by atoms with E-state index in [0.29, 0.717) is 0 Å². The molecule has 32 heavy (non-hydrogen) atoms. The van der Waals surface area contributed by atoms with Crippen LogP contribution < -0.4 is 16.0 Å². The Kier molecular flexibility index (Phi) is 4.39. The lowest BCUT2D eigenvalue weighted by atomic mass is 9.68. The Morgan fingerprint density at radius 1 is 0.875 bits per heavy atom. The summed E-state index contributed by atoms with van der Waals surface area (Å²) in [5.41, 5.74) is 7.70. The maximum absolute atomic E-state index is 5.35. The van der Waals surface area contributed by atoms with Crippen LogP contribution in [0.5, 0.6) is 0 Å². The standard InChI is InChI=1S/C28H34N4/c1-16-17(2)27(7)20(5)28(8)19(4)18(3)26(6,32-28)15-24-12-11-22(30-24)13-21-9-10-23(29-21)14-25(16)31-27/h9-15,20,29,32H,1-8H3. The van der Waals surface area contributed by atoms with E-state index in [0.717, 1.165) is 27.8 Å². The third kappa shape index (κ3) is 2.85. The van der Waals surface area contributed by atoms with Crippen LogP contribution in [0.15, 0.2) is 68.3 Å². The second-order valence-electron chi connectivity index (χ2n) is 10.5. The quantitative estimate of drug-likeness (QED) is 0.602. The Hall–Kier alpha value is -2.72. The third-order valence-corrected chi connectivity index (χ3v) is 8.85. The molecule has 4 aliphatic heterocycles. The van der Waals surface area contributed by atoms with Crippen molar-refractivity contribution < 1.29 is 0 Å². The maximum Gasteiger partial charge on any atom is 0.0845 e. The zero-order valence-electron chi connectivity index (χ0n) is 20.5. The van der Waals surface area contributed by atoms with Gasteiger partial charge >= 0.3 is 0 Å². The number of aromatic amines is 1. The normalized spacial score (nSPS) is 36.1. The molecule has 4 atom stereocenters. The number of rotatable bonds is 0. The first-order chi connectivity index (χ1) is 15.0. The largest absolute Gasteiger partial charge is 0.355 e. The summed E-state index contributed by atoms with van der Waals surface area (Å²) in [4.78, 5) is 13.7. The summed E-state index contributed by atoms with van der Waals surface area (Å²) in [5, 5.41) is 6.14. The van der Waals surface area contributed by atoms with E-state index in [9.17, 15) is 0 Å². The van der Waals surface area contributed by atoms with Crippen molar-refractivity contribution in [1.29, 1.82) is 0 Å². The molecule has 5 heterocycles. The molecule has 4 unspecified atom stereocenters. The van der Waals surface area contributed by atoms with Gasteiger partial charge in [0, 0.05) is 22.2 Å². The van der Waals surface area contributed by atoms with Crippen LogP contribution in [-0.4, -0.2) is 33.0 Å². The molecule has 0 aliphatic carbocycles. The molecule has 2 N–H and O–H groups in total. The third-order valence-electron chi connectivity index (χ3n) is 8.85. The van der Waals surface area contributed by atoms with Gasteiger partial charge in [0.1, 0.15) is 0 Å². The van der Waals surface area contributed by atoms with Gasteiger partial charge in [-0.3, -0.25) is 10.3 Å². The molecule has 1 aromatic heterocycles. The van der Waals surface area contributed by atoms with E-state index in [-0.39, 0.29) is 22.5 Å². The lowest BCUT2D eigenvalue weighted by Crippen LogP contribution is -2.57. The number of aromatic nitrogens is 1. The van der Waals surface area contributed by atoms with Crippen LogP contribution in [0, 0.1) is 5.92 Å². The highest BCUT2D eigenvalue weighted by atomic mass is 15.1. The first kappa shape index (κ1) is 21.1. The van der Waals surface area contributed by atoms with E-state index in [1.807, 2.05) is 0 Å². The van der Waals surface area contributed by atoms with Crippen molar-refractivity contribution in [1.82, 2.24) is 10.3 Å². The lowest BCUT2D eigenvalue weighted by Gasteiger charge is -2.44. The summed E-state index contributed by atoms with van der Waals surface area (Å²) < 4.78 is 0. The molecule has 8 bridgehead atoms. The molecule has 0 aromatic carbocycles. The van der Waals surface area contributed by atoms with Crippen molar-refractivity contribution in [2.24, 2.45) is 15.9 Å². The highest BCUT2D eigenvalue weighted by Gasteiger charge is 2.53. The molecule has 0 fully saturated rings. The second-order valence-corrected chi connectivity index (χ2v) is 10.5. The van der Waals surface area contributed by atoms with Gasteiger partial charge in [-0.1, -0.05) is 12.5 Å². The predicted octanol–water partition coefficient (Wildman–Crippen LogP) is 4.13. The molecular weight excluding hydrogens is 392 g/mol. The number of aliphatic imine (C=N–C) groups is 2. The van der Waals surface area contributed by atoms with Crippen LogP contribution in [0.3, 0.4) is 0 Å². The summed E-state index contributed by atoms with van der Waals surface area (Å²) in [7, 11) is 0. The first-order valence-electron chi connectivity index (χ1n) is 11.6. The summed E-state index contributed by atoms with van der Waals surface area (Å²) >= 11 is 0. The SMILES string of the molecule is CC1=C(C)C2(C)N=C1C=c1ccc([nH]1)=CC1=NC(=CC3(C)NC(C)(C(C)=C3C)C2C)C=C1. The van der Waals surface area contributed by atoms with E-state index >= 15 is 0 Å². The lowest BCUT2D eigenvalue weighted by molar-refractivity contribution is 0.210. The van der Waals surface area contributed by atoms with E-state index in [4.69, 9.17) is 9.98 Å². The number of fused-ring (bicyclic) bond motifs is 6. The Morgan fingerprint density at radius 2 is 1.56 bits per heavy atom. The average Bonchev–Trinajstić information content (AvgIpc) is 3.45. The Bertz CT molecular complexity index is 1340. The number of nitrogens with zero attached hydrogens (tertiary/aromatic N) is 2. The Labute approximate surface area is 191 Å². The van der Waals surface area contributed by atoms with E-state index in [2.05, 4.69) is 108 Å². The topological polar surface area (TPSA) is 52.5 Å².